The third-order valence-electron chi connectivity index (χ3n) is 12.9. The summed E-state index contributed by atoms with van der Waals surface area (Å²) >= 11 is 12.0. The monoisotopic (exact) mass is 1270 g/mol. The molecule has 32 nitrogen and oxygen atoms in total. The van der Waals surface area contributed by atoms with E-state index in [0.717, 1.165) is 6.92 Å². The fourth-order valence-electron chi connectivity index (χ4n) is 7.74. The molecule has 1 aromatic rings. The molecule has 1 aromatic carbocycles. The molecule has 0 radical (unpaired) electrons. The standard InChI is InChI=1S/C51H84N16O16S3/c1-6-24(4)38(48(80)59-29(14-15-35(53)70)42(74)60-30(17-26-11-8-7-9-12-26)43(75)62-32(19-68)45(77)64-34(22-86)50(82)83)66-47(79)37(23(2)3)65-49(81)39(25(5)69)67-46(78)33(21-85)63-44(76)31(18-36(54)71)61-41(73)28(13-10-16-57-51(55)56)58-40(72)27(52)20-84/h7-9,11-12,23-25,27-34,37-39,68-69,84-86H,6,10,13-22,52H2,1-5H3,(H2,53,70)(H2,54,71)(H,58,72)(H,59,80)(H,60,74)(H,61,73)(H,62,75)(H,63,76)(H,64,77)(H,65,81)(H,66,79)(H,67,78)(H,82,83)(H4,55,56,57)/t24-,25+,27-,28-,29-,30-,31-,32-,33-,34-,37-,38-,39-/m0/s1. The summed E-state index contributed by atoms with van der Waals surface area (Å²) in [7, 11) is 0. The predicted octanol–water partition coefficient (Wildman–Crippen LogP) is -7.45. The lowest BCUT2D eigenvalue weighted by molar-refractivity contribution is -0.142. The molecule has 482 valence electrons. The first-order valence-corrected chi connectivity index (χ1v) is 29.0. The van der Waals surface area contributed by atoms with E-state index >= 15 is 0 Å². The molecule has 0 aliphatic heterocycles. The molecule has 0 aliphatic carbocycles. The first kappa shape index (κ1) is 76.5. The molecule has 23 N–H and O–H groups in total. The van der Waals surface area contributed by atoms with Crippen molar-refractivity contribution in [3.8, 4) is 0 Å². The number of amides is 12. The van der Waals surface area contributed by atoms with E-state index in [4.69, 9.17) is 28.7 Å². The number of rotatable bonds is 40. The van der Waals surface area contributed by atoms with Gasteiger partial charge in [-0.3, -0.25) is 62.5 Å². The number of carbonyl (C=O) groups excluding carboxylic acids is 12. The average molecular weight is 1270 g/mol. The van der Waals surface area contributed by atoms with Crippen molar-refractivity contribution < 1.29 is 77.6 Å². The minimum Gasteiger partial charge on any atom is -0.480 e. The number of aliphatic hydroxyl groups excluding tert-OH is 2. The van der Waals surface area contributed by atoms with E-state index in [2.05, 4.69) is 96.0 Å². The highest BCUT2D eigenvalue weighted by Gasteiger charge is 2.38. The maximum absolute atomic E-state index is 14.3. The molecule has 0 bridgehead atoms. The normalized spacial score (nSPS) is 15.6. The van der Waals surface area contributed by atoms with Crippen LogP contribution in [0.15, 0.2) is 35.3 Å². The summed E-state index contributed by atoms with van der Waals surface area (Å²) in [4.78, 5) is 177. The molecule has 12 amide bonds. The Kier molecular flexibility index (Phi) is 35.0. The molecule has 0 aliphatic rings. The summed E-state index contributed by atoms with van der Waals surface area (Å²) < 4.78 is 0. The number of nitrogens with two attached hydrogens (primary N) is 5. The van der Waals surface area contributed by atoms with Crippen molar-refractivity contribution in [1.29, 1.82) is 0 Å². The maximum atomic E-state index is 14.3. The van der Waals surface area contributed by atoms with Crippen molar-refractivity contribution in [2.24, 2.45) is 45.5 Å². The largest absolute Gasteiger partial charge is 0.480 e. The quantitative estimate of drug-likeness (QED) is 0.0126. The number of guanidine groups is 1. The summed E-state index contributed by atoms with van der Waals surface area (Å²) in [5.74, 6) is -16.3. The fraction of sp³-hybridized carbons (Fsp3) is 0.608. The van der Waals surface area contributed by atoms with Gasteiger partial charge in [-0.05, 0) is 43.6 Å². The Balaban J connectivity index is 3.47. The molecule has 0 fully saturated rings. The number of benzene rings is 1. The summed E-state index contributed by atoms with van der Waals surface area (Å²) in [5, 5.41) is 54.0. The van der Waals surface area contributed by atoms with Crippen molar-refractivity contribution >= 4 is 121 Å². The van der Waals surface area contributed by atoms with E-state index in [1.165, 1.54) is 13.8 Å². The third-order valence-corrected chi connectivity index (χ3v) is 14.0. The molecular formula is C51H84N16O16S3. The van der Waals surface area contributed by atoms with Gasteiger partial charge in [-0.15, -0.1) is 0 Å². The molecule has 0 heterocycles. The van der Waals surface area contributed by atoms with Crippen LogP contribution in [-0.2, 0) is 68.7 Å². The van der Waals surface area contributed by atoms with Gasteiger partial charge in [-0.2, -0.15) is 37.9 Å². The number of carboxylic acids is 1. The zero-order valence-corrected chi connectivity index (χ0v) is 51.0. The molecule has 0 saturated heterocycles. The van der Waals surface area contributed by atoms with Crippen molar-refractivity contribution in [2.45, 2.75) is 152 Å². The van der Waals surface area contributed by atoms with Gasteiger partial charge in [0.05, 0.1) is 25.2 Å². The average Bonchev–Trinajstić information content (AvgIpc) is 2.43. The molecule has 0 aromatic heterocycles. The number of carbonyl (C=O) groups is 13. The number of nitrogens with one attached hydrogen (secondary N) is 10. The van der Waals surface area contributed by atoms with Crippen LogP contribution in [-0.4, -0.2) is 201 Å². The minimum absolute atomic E-state index is 0.0375. The van der Waals surface area contributed by atoms with Crippen molar-refractivity contribution in [3.05, 3.63) is 35.9 Å². The highest BCUT2D eigenvalue weighted by Crippen LogP contribution is 2.14. The molecule has 0 spiro atoms. The lowest BCUT2D eigenvalue weighted by atomic mass is 9.95. The van der Waals surface area contributed by atoms with Gasteiger partial charge in [-0.1, -0.05) is 64.4 Å². The van der Waals surface area contributed by atoms with Crippen molar-refractivity contribution in [2.75, 3.05) is 30.4 Å². The van der Waals surface area contributed by atoms with Crippen LogP contribution < -0.4 is 81.8 Å². The van der Waals surface area contributed by atoms with E-state index in [1.807, 2.05) is 0 Å². The van der Waals surface area contributed by atoms with E-state index in [0.29, 0.717) is 5.56 Å². The van der Waals surface area contributed by atoms with Gasteiger partial charge in [0.25, 0.3) is 0 Å². The summed E-state index contributed by atoms with van der Waals surface area (Å²) in [6.45, 7) is 6.44. The topological polar surface area (TPSA) is 545 Å². The summed E-state index contributed by atoms with van der Waals surface area (Å²) in [6, 6.07) is -8.90. The van der Waals surface area contributed by atoms with Crippen LogP contribution in [0.2, 0.25) is 0 Å². The van der Waals surface area contributed by atoms with Gasteiger partial charge in [0, 0.05) is 36.6 Å². The molecular weight excluding hydrogens is 1190 g/mol. The minimum atomic E-state index is -1.84. The van der Waals surface area contributed by atoms with Crippen LogP contribution in [0.1, 0.15) is 78.7 Å². The lowest BCUT2D eigenvalue weighted by Gasteiger charge is -2.31. The molecule has 86 heavy (non-hydrogen) atoms. The first-order chi connectivity index (χ1) is 40.3. The van der Waals surface area contributed by atoms with E-state index < -0.39 is 193 Å². The lowest BCUT2D eigenvalue weighted by Crippen LogP contribution is -2.63. The number of aliphatic imine (C=N–C) groups is 1. The second-order valence-electron chi connectivity index (χ2n) is 20.2. The van der Waals surface area contributed by atoms with E-state index in [1.54, 1.807) is 44.2 Å². The van der Waals surface area contributed by atoms with Crippen molar-refractivity contribution in [1.82, 2.24) is 53.2 Å². The number of thiol groups is 3. The van der Waals surface area contributed by atoms with Crippen LogP contribution >= 0.6 is 37.9 Å². The Bertz CT molecular complexity index is 2530. The van der Waals surface area contributed by atoms with Gasteiger partial charge >= 0.3 is 5.97 Å². The summed E-state index contributed by atoms with van der Waals surface area (Å²) in [5.41, 5.74) is 27.8. The van der Waals surface area contributed by atoms with E-state index in [-0.39, 0.29) is 49.7 Å². The van der Waals surface area contributed by atoms with Crippen molar-refractivity contribution in [3.63, 3.8) is 0 Å². The molecule has 1 rings (SSSR count). The highest BCUT2D eigenvalue weighted by molar-refractivity contribution is 7.80. The van der Waals surface area contributed by atoms with Crippen LogP contribution in [0.5, 0.6) is 0 Å². The third kappa shape index (κ3) is 27.3. The van der Waals surface area contributed by atoms with Gasteiger partial charge in [0.2, 0.25) is 70.9 Å². The van der Waals surface area contributed by atoms with Gasteiger partial charge < -0.3 is 97.2 Å². The first-order valence-electron chi connectivity index (χ1n) is 27.2. The second kappa shape index (κ2) is 39.3. The number of hydrogen-bond donors (Lipinski definition) is 21. The summed E-state index contributed by atoms with van der Waals surface area (Å²) in [6.07, 6.45) is -3.35. The molecule has 13 atom stereocenters. The van der Waals surface area contributed by atoms with Crippen LogP contribution in [0, 0.1) is 11.8 Å². The van der Waals surface area contributed by atoms with Gasteiger partial charge in [0.1, 0.15) is 60.4 Å². The van der Waals surface area contributed by atoms with Crippen LogP contribution in [0.4, 0.5) is 0 Å². The second-order valence-corrected chi connectivity index (χ2v) is 21.3. The number of carboxylic acid groups (broad SMARTS) is 1. The Morgan fingerprint density at radius 3 is 1.47 bits per heavy atom. The number of aliphatic hydroxyl groups is 2. The Hall–Kier alpha value is -7.47. The van der Waals surface area contributed by atoms with Gasteiger partial charge in [-0.25, -0.2) is 4.79 Å². The zero-order valence-electron chi connectivity index (χ0n) is 48.3. The highest BCUT2D eigenvalue weighted by atomic mass is 32.1. The fourth-order valence-corrected chi connectivity index (χ4v) is 8.41. The Labute approximate surface area is 513 Å². The molecule has 0 unspecified atom stereocenters. The number of hydrogen-bond acceptors (Lipinski definition) is 20. The maximum Gasteiger partial charge on any atom is 0.327 e. The SMILES string of the molecule is CC[C@H](C)[C@H](NC(=O)[C@@H](NC(=O)[C@@H](NC(=O)[C@H](CS)NC(=O)[C@H](CC(N)=O)NC(=O)[C@H](CCCN=C(N)N)NC(=O)[C@@H](N)CS)[C@@H](C)O)C(C)C)C(=O)N[C@@H](CCC(N)=O)C(=O)N[C@@H](Cc1ccccc1)C(=O)N[C@@H](CO)C(=O)N[C@@H](CS)C(=O)O. The van der Waals surface area contributed by atoms with Crippen LogP contribution in [0.3, 0.4) is 0 Å². The molecule has 35 heteroatoms. The van der Waals surface area contributed by atoms with E-state index in [9.17, 15) is 77.6 Å². The predicted molar refractivity (Wildman–Crippen MR) is 322 cm³/mol. The zero-order chi connectivity index (χ0) is 65.5. The number of aliphatic carboxylic acids is 1. The van der Waals surface area contributed by atoms with Crippen LogP contribution in [0.25, 0.3) is 0 Å². The number of nitrogens with zero attached hydrogens (tertiary/aromatic N) is 1. The smallest absolute Gasteiger partial charge is 0.327 e. The Morgan fingerprint density at radius 2 is 0.965 bits per heavy atom. The Morgan fingerprint density at radius 1 is 0.523 bits per heavy atom. The van der Waals surface area contributed by atoms with Gasteiger partial charge in [0.15, 0.2) is 5.96 Å². The molecule has 0 saturated carbocycles. The number of primary amides is 2.